The van der Waals surface area contributed by atoms with E-state index in [4.69, 9.17) is 23.9 Å². The summed E-state index contributed by atoms with van der Waals surface area (Å²) in [6, 6.07) is 6.31. The molecule has 2 aliphatic heterocycles. The molecule has 2 aromatic rings. The summed E-state index contributed by atoms with van der Waals surface area (Å²) in [4.78, 5) is 9.31. The van der Waals surface area contributed by atoms with Crippen LogP contribution in [-0.4, -0.2) is 48.5 Å². The van der Waals surface area contributed by atoms with Crippen LogP contribution < -0.4 is 19.5 Å². The quantitative estimate of drug-likeness (QED) is 0.825. The maximum absolute atomic E-state index is 6.14. The van der Waals surface area contributed by atoms with Crippen LogP contribution in [0.3, 0.4) is 0 Å². The van der Waals surface area contributed by atoms with Crippen LogP contribution >= 0.6 is 0 Å². The molecule has 0 radical (unpaired) electrons. The third-order valence-corrected chi connectivity index (χ3v) is 5.84. The fourth-order valence-corrected chi connectivity index (χ4v) is 3.96. The first-order valence-corrected chi connectivity index (χ1v) is 10.5. The number of anilines is 1. The maximum atomic E-state index is 6.14. The highest BCUT2D eigenvalue weighted by molar-refractivity contribution is 5.71. The van der Waals surface area contributed by atoms with E-state index in [-0.39, 0.29) is 6.10 Å². The van der Waals surface area contributed by atoms with Gasteiger partial charge in [-0.25, -0.2) is 4.98 Å². The van der Waals surface area contributed by atoms with E-state index in [0.717, 1.165) is 41.4 Å². The van der Waals surface area contributed by atoms with Gasteiger partial charge in [0.2, 0.25) is 11.8 Å². The number of benzene rings is 1. The van der Waals surface area contributed by atoms with Gasteiger partial charge in [0, 0.05) is 12.2 Å². The Bertz CT molecular complexity index is 863. The molecule has 1 aromatic carbocycles. The van der Waals surface area contributed by atoms with Crippen LogP contribution in [0.1, 0.15) is 32.6 Å². The molecule has 1 saturated heterocycles. The van der Waals surface area contributed by atoms with Crippen LogP contribution in [0.15, 0.2) is 24.4 Å². The fraction of sp³-hybridized carbons (Fsp3) is 0.545. The van der Waals surface area contributed by atoms with Gasteiger partial charge in [-0.1, -0.05) is 13.0 Å². The van der Waals surface area contributed by atoms with Gasteiger partial charge in [-0.2, -0.15) is 4.98 Å². The Kier molecular flexibility index (Phi) is 5.14. The van der Waals surface area contributed by atoms with E-state index in [2.05, 4.69) is 17.2 Å². The Hall–Kier alpha value is -2.54. The third kappa shape index (κ3) is 4.10. The summed E-state index contributed by atoms with van der Waals surface area (Å²) in [5, 5.41) is 3.50. The topological polar surface area (TPSA) is 74.7 Å². The van der Waals surface area contributed by atoms with Crippen molar-refractivity contribution in [2.75, 3.05) is 31.7 Å². The molecule has 0 spiro atoms. The summed E-state index contributed by atoms with van der Waals surface area (Å²) in [6.45, 7) is 4.63. The lowest BCUT2D eigenvalue weighted by molar-refractivity contribution is -0.0810. The van der Waals surface area contributed by atoms with E-state index >= 15 is 0 Å². The Morgan fingerprint density at radius 1 is 1.03 bits per heavy atom. The van der Waals surface area contributed by atoms with Gasteiger partial charge < -0.3 is 24.3 Å². The summed E-state index contributed by atoms with van der Waals surface area (Å²) in [7, 11) is 0. The van der Waals surface area contributed by atoms with Crippen molar-refractivity contribution in [3.8, 4) is 28.5 Å². The molecular weight excluding hydrogens is 370 g/mol. The van der Waals surface area contributed by atoms with E-state index < -0.39 is 0 Å². The standard InChI is InChI=1S/C22H27N3O4/c1-14-2-5-16(6-3-14)24-22-23-11-18(21(25-22)29-17-12-26-13-17)15-4-7-19-20(10-15)28-9-8-27-19/h4,7,10-11,14,16-17H,2-3,5-6,8-9,12-13H2,1H3,(H,23,24,25). The average molecular weight is 397 g/mol. The van der Waals surface area contributed by atoms with Crippen molar-refractivity contribution < 1.29 is 18.9 Å². The number of fused-ring (bicyclic) bond motifs is 1. The lowest BCUT2D eigenvalue weighted by Gasteiger charge is -2.28. The van der Waals surface area contributed by atoms with Crippen LogP contribution in [0.2, 0.25) is 0 Å². The van der Waals surface area contributed by atoms with Crippen molar-refractivity contribution in [3.63, 3.8) is 0 Å². The zero-order chi connectivity index (χ0) is 19.6. The highest BCUT2D eigenvalue weighted by atomic mass is 16.6. The lowest BCUT2D eigenvalue weighted by atomic mass is 9.87. The molecule has 0 unspecified atom stereocenters. The van der Waals surface area contributed by atoms with E-state index in [1.165, 1.54) is 12.8 Å². The van der Waals surface area contributed by atoms with Gasteiger partial charge in [0.05, 0.1) is 18.8 Å². The van der Waals surface area contributed by atoms with E-state index in [1.54, 1.807) is 0 Å². The molecule has 0 atom stereocenters. The van der Waals surface area contributed by atoms with Gasteiger partial charge >= 0.3 is 0 Å². The average Bonchev–Trinajstić information content (AvgIpc) is 2.72. The molecule has 5 rings (SSSR count). The Labute approximate surface area is 170 Å². The summed E-state index contributed by atoms with van der Waals surface area (Å²) in [5.74, 6) is 3.52. The Morgan fingerprint density at radius 2 is 1.83 bits per heavy atom. The molecular formula is C22H27N3O4. The highest BCUT2D eigenvalue weighted by Crippen LogP contribution is 2.38. The second kappa shape index (κ2) is 8.06. The molecule has 2 fully saturated rings. The smallest absolute Gasteiger partial charge is 0.226 e. The van der Waals surface area contributed by atoms with Gasteiger partial charge in [0.15, 0.2) is 11.5 Å². The molecule has 7 nitrogen and oxygen atoms in total. The van der Waals surface area contributed by atoms with Crippen molar-refractivity contribution in [3.05, 3.63) is 24.4 Å². The van der Waals surface area contributed by atoms with E-state index in [9.17, 15) is 0 Å². The van der Waals surface area contributed by atoms with Crippen LogP contribution in [-0.2, 0) is 4.74 Å². The number of hydrogen-bond donors (Lipinski definition) is 1. The number of hydrogen-bond acceptors (Lipinski definition) is 7. The predicted octanol–water partition coefficient (Wildman–Crippen LogP) is 3.68. The van der Waals surface area contributed by atoms with E-state index in [0.29, 0.717) is 44.3 Å². The van der Waals surface area contributed by atoms with Crippen LogP contribution in [0.4, 0.5) is 5.95 Å². The van der Waals surface area contributed by atoms with Crippen molar-refractivity contribution in [2.24, 2.45) is 5.92 Å². The maximum Gasteiger partial charge on any atom is 0.226 e. The minimum atomic E-state index is 0.0317. The summed E-state index contributed by atoms with van der Waals surface area (Å²) < 4.78 is 22.8. The largest absolute Gasteiger partial charge is 0.486 e. The van der Waals surface area contributed by atoms with Gasteiger partial charge in [0.25, 0.3) is 0 Å². The molecule has 0 amide bonds. The molecule has 3 aliphatic rings. The molecule has 154 valence electrons. The second-order valence-electron chi connectivity index (χ2n) is 8.15. The van der Waals surface area contributed by atoms with Gasteiger partial charge in [-0.3, -0.25) is 0 Å². The first-order valence-electron chi connectivity index (χ1n) is 10.5. The molecule has 1 N–H and O–H groups in total. The molecule has 1 saturated carbocycles. The number of rotatable bonds is 5. The van der Waals surface area contributed by atoms with Gasteiger partial charge in [-0.05, 0) is 49.3 Å². The van der Waals surface area contributed by atoms with Crippen molar-refractivity contribution in [1.82, 2.24) is 9.97 Å². The number of nitrogens with one attached hydrogen (secondary N) is 1. The third-order valence-electron chi connectivity index (χ3n) is 5.84. The molecule has 0 bridgehead atoms. The van der Waals surface area contributed by atoms with Crippen molar-refractivity contribution in [2.45, 2.75) is 44.8 Å². The SMILES string of the molecule is CC1CCC(Nc2ncc(-c3ccc4c(c3)OCCO4)c(OC3COC3)n2)CC1. The monoisotopic (exact) mass is 397 g/mol. The Balaban J connectivity index is 1.41. The van der Waals surface area contributed by atoms with Crippen molar-refractivity contribution >= 4 is 5.95 Å². The van der Waals surface area contributed by atoms with Gasteiger partial charge in [0.1, 0.15) is 19.3 Å². The van der Waals surface area contributed by atoms with Gasteiger partial charge in [-0.15, -0.1) is 0 Å². The Morgan fingerprint density at radius 3 is 2.59 bits per heavy atom. The summed E-state index contributed by atoms with van der Waals surface area (Å²) in [6.07, 6.45) is 6.67. The molecule has 1 aromatic heterocycles. The minimum absolute atomic E-state index is 0.0317. The normalized spacial score (nSPS) is 23.9. The lowest BCUT2D eigenvalue weighted by Crippen LogP contribution is -2.39. The fourth-order valence-electron chi connectivity index (χ4n) is 3.96. The molecule has 29 heavy (non-hydrogen) atoms. The van der Waals surface area contributed by atoms with Crippen LogP contribution in [0, 0.1) is 5.92 Å². The predicted molar refractivity (Wildman–Crippen MR) is 109 cm³/mol. The van der Waals surface area contributed by atoms with Crippen LogP contribution in [0.5, 0.6) is 17.4 Å². The minimum Gasteiger partial charge on any atom is -0.486 e. The number of aromatic nitrogens is 2. The van der Waals surface area contributed by atoms with Crippen molar-refractivity contribution in [1.29, 1.82) is 0 Å². The summed E-state index contributed by atoms with van der Waals surface area (Å²) >= 11 is 0. The molecule has 7 heteroatoms. The zero-order valence-electron chi connectivity index (χ0n) is 16.7. The zero-order valence-corrected chi connectivity index (χ0v) is 16.7. The summed E-state index contributed by atoms with van der Waals surface area (Å²) in [5.41, 5.74) is 1.79. The molecule has 3 heterocycles. The first kappa shape index (κ1) is 18.5. The second-order valence-corrected chi connectivity index (χ2v) is 8.15. The molecule has 1 aliphatic carbocycles. The van der Waals surface area contributed by atoms with Crippen LogP contribution in [0.25, 0.3) is 11.1 Å². The number of nitrogens with zero attached hydrogens (tertiary/aromatic N) is 2. The number of ether oxygens (including phenoxy) is 4. The first-order chi connectivity index (χ1) is 14.2. The van der Waals surface area contributed by atoms with E-state index in [1.807, 2.05) is 24.4 Å². The highest BCUT2D eigenvalue weighted by Gasteiger charge is 2.25.